The molecule has 2 atom stereocenters. The van der Waals surface area contributed by atoms with Gasteiger partial charge >= 0.3 is 0 Å². The van der Waals surface area contributed by atoms with Gasteiger partial charge in [-0.2, -0.15) is 0 Å². The number of Topliss-reactive ketones (excluding diaryl/α,β-unsaturated/α-hetero) is 1. The lowest BCUT2D eigenvalue weighted by atomic mass is 10.0. The molecule has 5 heteroatoms. The number of fused-ring (bicyclic) bond motifs is 1. The predicted molar refractivity (Wildman–Crippen MR) is 112 cm³/mol. The Morgan fingerprint density at radius 3 is 2.50 bits per heavy atom. The van der Waals surface area contributed by atoms with E-state index in [4.69, 9.17) is 9.47 Å². The van der Waals surface area contributed by atoms with E-state index < -0.39 is 0 Å². The van der Waals surface area contributed by atoms with E-state index in [1.165, 1.54) is 0 Å². The number of nitrogens with one attached hydrogen (secondary N) is 2. The maximum Gasteiger partial charge on any atom is 0.181 e. The maximum atomic E-state index is 13.0. The van der Waals surface area contributed by atoms with Crippen LogP contribution >= 0.6 is 0 Å². The summed E-state index contributed by atoms with van der Waals surface area (Å²) in [5, 5.41) is 4.36. The summed E-state index contributed by atoms with van der Waals surface area (Å²) in [6.45, 7) is 9.01. The summed E-state index contributed by atoms with van der Waals surface area (Å²) in [5.41, 5.74) is 2.73. The van der Waals surface area contributed by atoms with Gasteiger partial charge in [-0.15, -0.1) is 0 Å². The van der Waals surface area contributed by atoms with Crippen molar-refractivity contribution in [2.75, 3.05) is 13.2 Å². The number of aromatic amines is 1. The first kappa shape index (κ1) is 20.0. The van der Waals surface area contributed by atoms with Crippen LogP contribution < -0.4 is 14.8 Å². The number of aromatic nitrogens is 1. The van der Waals surface area contributed by atoms with Gasteiger partial charge in [0.1, 0.15) is 0 Å². The molecule has 1 aromatic heterocycles. The molecular weight excluding hydrogens is 352 g/mol. The molecule has 0 aliphatic carbocycles. The Balaban J connectivity index is 1.75. The third-order valence-electron chi connectivity index (χ3n) is 4.82. The van der Waals surface area contributed by atoms with Gasteiger partial charge in [0.05, 0.1) is 19.3 Å². The molecule has 0 radical (unpaired) electrons. The summed E-state index contributed by atoms with van der Waals surface area (Å²) in [4.78, 5) is 16.1. The fraction of sp³-hybridized carbons (Fsp3) is 0.348. The van der Waals surface area contributed by atoms with Crippen LogP contribution in [0.4, 0.5) is 0 Å². The van der Waals surface area contributed by atoms with Gasteiger partial charge in [-0.05, 0) is 51.5 Å². The Bertz CT molecular complexity index is 948. The highest BCUT2D eigenvalue weighted by molar-refractivity contribution is 6.10. The molecular formula is C23H28N2O3. The monoisotopic (exact) mass is 380 g/mol. The van der Waals surface area contributed by atoms with Crippen molar-refractivity contribution in [2.45, 2.75) is 39.8 Å². The maximum absolute atomic E-state index is 13.0. The summed E-state index contributed by atoms with van der Waals surface area (Å²) < 4.78 is 11.3. The first-order valence-corrected chi connectivity index (χ1v) is 9.81. The van der Waals surface area contributed by atoms with E-state index in [0.29, 0.717) is 18.8 Å². The molecule has 0 saturated heterocycles. The minimum atomic E-state index is -0.323. The van der Waals surface area contributed by atoms with Crippen molar-refractivity contribution in [1.29, 1.82) is 0 Å². The Labute approximate surface area is 166 Å². The minimum absolute atomic E-state index is 0.0148. The highest BCUT2D eigenvalue weighted by atomic mass is 16.5. The van der Waals surface area contributed by atoms with Crippen LogP contribution in [-0.2, 0) is 0 Å². The summed E-state index contributed by atoms with van der Waals surface area (Å²) in [6.07, 6.45) is 1.79. The van der Waals surface area contributed by atoms with Crippen LogP contribution in [0, 0.1) is 0 Å². The number of rotatable bonds is 9. The Morgan fingerprint density at radius 1 is 1.04 bits per heavy atom. The van der Waals surface area contributed by atoms with Crippen molar-refractivity contribution >= 4 is 16.7 Å². The molecule has 3 rings (SSSR count). The molecule has 3 aromatic rings. The summed E-state index contributed by atoms with van der Waals surface area (Å²) in [5.74, 6) is 1.54. The second kappa shape index (κ2) is 8.93. The highest BCUT2D eigenvalue weighted by Gasteiger charge is 2.21. The number of benzene rings is 2. The van der Waals surface area contributed by atoms with Gasteiger partial charge in [-0.25, -0.2) is 0 Å². The Hall–Kier alpha value is -2.79. The number of ether oxygens (including phenoxy) is 2. The van der Waals surface area contributed by atoms with E-state index in [-0.39, 0.29) is 17.9 Å². The van der Waals surface area contributed by atoms with E-state index in [2.05, 4.69) is 10.3 Å². The fourth-order valence-corrected chi connectivity index (χ4v) is 3.39. The van der Waals surface area contributed by atoms with Crippen LogP contribution in [0.15, 0.2) is 48.7 Å². The topological polar surface area (TPSA) is 63.3 Å². The molecule has 2 N–H and O–H groups in total. The van der Waals surface area contributed by atoms with Crippen LogP contribution in [0.5, 0.6) is 11.5 Å². The zero-order valence-electron chi connectivity index (χ0n) is 16.9. The molecule has 0 aliphatic rings. The number of carbonyl (C=O) groups is 1. The standard InChI is InChI=1S/C23H28N2O3/c1-5-27-21-12-11-17(13-22(21)28-6-2)15(3)25-16(4)23(26)19-14-24-20-10-8-7-9-18(19)20/h7-16,24-25H,5-6H2,1-4H3/t15-,16+/m0/s1. The Morgan fingerprint density at radius 2 is 1.75 bits per heavy atom. The number of carbonyl (C=O) groups excluding carboxylic acids is 1. The van der Waals surface area contributed by atoms with Crippen molar-refractivity contribution in [2.24, 2.45) is 0 Å². The Kier molecular flexibility index (Phi) is 6.37. The SMILES string of the molecule is CCOc1ccc([C@H](C)N[C@H](C)C(=O)c2c[nH]c3ccccc23)cc1OCC. The van der Waals surface area contributed by atoms with Crippen LogP contribution in [0.2, 0.25) is 0 Å². The number of hydrogen-bond donors (Lipinski definition) is 2. The summed E-state index contributed by atoms with van der Waals surface area (Å²) >= 11 is 0. The van der Waals surface area contributed by atoms with Gasteiger partial charge in [0.25, 0.3) is 0 Å². The molecule has 0 fully saturated rings. The second-order valence-electron chi connectivity index (χ2n) is 6.79. The molecule has 5 nitrogen and oxygen atoms in total. The van der Waals surface area contributed by atoms with Gasteiger partial charge in [-0.3, -0.25) is 4.79 Å². The fourth-order valence-electron chi connectivity index (χ4n) is 3.39. The van der Waals surface area contributed by atoms with Gasteiger partial charge in [0.15, 0.2) is 17.3 Å². The van der Waals surface area contributed by atoms with Gasteiger partial charge in [0.2, 0.25) is 0 Å². The molecule has 0 saturated carbocycles. The largest absolute Gasteiger partial charge is 0.490 e. The molecule has 0 amide bonds. The first-order valence-electron chi connectivity index (χ1n) is 9.81. The van der Waals surface area contributed by atoms with Gasteiger partial charge in [-0.1, -0.05) is 24.3 Å². The molecule has 0 spiro atoms. The van der Waals surface area contributed by atoms with E-state index in [0.717, 1.165) is 28.0 Å². The molecule has 148 valence electrons. The van der Waals surface area contributed by atoms with Gasteiger partial charge < -0.3 is 19.8 Å². The van der Waals surface area contributed by atoms with Crippen LogP contribution in [0.1, 0.15) is 49.7 Å². The summed E-state index contributed by atoms with van der Waals surface area (Å²) in [6, 6.07) is 13.4. The first-order chi connectivity index (χ1) is 13.5. The normalized spacial score (nSPS) is 13.3. The number of para-hydroxylation sites is 1. The predicted octanol–water partition coefficient (Wildman–Crippen LogP) is 4.89. The van der Waals surface area contributed by atoms with Crippen molar-refractivity contribution < 1.29 is 14.3 Å². The number of hydrogen-bond acceptors (Lipinski definition) is 4. The average molecular weight is 380 g/mol. The molecule has 2 aromatic carbocycles. The van der Waals surface area contributed by atoms with Crippen molar-refractivity contribution in [1.82, 2.24) is 10.3 Å². The molecule has 28 heavy (non-hydrogen) atoms. The second-order valence-corrected chi connectivity index (χ2v) is 6.79. The van der Waals surface area contributed by atoms with E-state index in [9.17, 15) is 4.79 Å². The third-order valence-corrected chi connectivity index (χ3v) is 4.82. The zero-order chi connectivity index (χ0) is 20.1. The van der Waals surface area contributed by atoms with E-state index >= 15 is 0 Å². The summed E-state index contributed by atoms with van der Waals surface area (Å²) in [7, 11) is 0. The molecule has 1 heterocycles. The lowest BCUT2D eigenvalue weighted by molar-refractivity contribution is 0.0947. The van der Waals surface area contributed by atoms with Crippen LogP contribution in [0.3, 0.4) is 0 Å². The van der Waals surface area contributed by atoms with E-state index in [1.54, 1.807) is 6.20 Å². The zero-order valence-corrected chi connectivity index (χ0v) is 16.9. The third kappa shape index (κ3) is 4.20. The minimum Gasteiger partial charge on any atom is -0.490 e. The smallest absolute Gasteiger partial charge is 0.181 e. The highest BCUT2D eigenvalue weighted by Crippen LogP contribution is 2.31. The molecule has 0 aliphatic heterocycles. The van der Waals surface area contributed by atoms with Gasteiger partial charge in [0, 0.05) is 28.7 Å². The van der Waals surface area contributed by atoms with E-state index in [1.807, 2.05) is 70.2 Å². The number of H-pyrrole nitrogens is 1. The van der Waals surface area contributed by atoms with Crippen molar-refractivity contribution in [3.05, 3.63) is 59.8 Å². The van der Waals surface area contributed by atoms with Crippen molar-refractivity contribution in [3.8, 4) is 11.5 Å². The number of ketones is 1. The van der Waals surface area contributed by atoms with Crippen LogP contribution in [0.25, 0.3) is 10.9 Å². The quantitative estimate of drug-likeness (QED) is 0.519. The lowest BCUT2D eigenvalue weighted by Gasteiger charge is -2.21. The average Bonchev–Trinajstić information content (AvgIpc) is 3.13. The molecule has 0 unspecified atom stereocenters. The van der Waals surface area contributed by atoms with Crippen LogP contribution in [-0.4, -0.2) is 30.0 Å². The van der Waals surface area contributed by atoms with Crippen molar-refractivity contribution in [3.63, 3.8) is 0 Å². The lowest BCUT2D eigenvalue weighted by Crippen LogP contribution is -2.35. The molecule has 0 bridgehead atoms.